The third-order valence-electron chi connectivity index (χ3n) is 4.65. The van der Waals surface area contributed by atoms with Gasteiger partial charge in [0.25, 0.3) is 5.91 Å². The Morgan fingerprint density at radius 1 is 1.22 bits per heavy atom. The average Bonchev–Trinajstić information content (AvgIpc) is 3.10. The zero-order valence-corrected chi connectivity index (χ0v) is 14.4. The number of allylic oxidation sites excluding steroid dienone is 1. The van der Waals surface area contributed by atoms with Crippen LogP contribution in [0.15, 0.2) is 41.5 Å². The number of hydrogen-bond donors (Lipinski definition) is 0. The summed E-state index contributed by atoms with van der Waals surface area (Å²) in [6, 6.07) is 5.09. The van der Waals surface area contributed by atoms with Gasteiger partial charge < -0.3 is 4.90 Å². The molecule has 0 unspecified atom stereocenters. The lowest BCUT2D eigenvalue weighted by Crippen LogP contribution is -2.36. The van der Waals surface area contributed by atoms with Crippen molar-refractivity contribution in [3.05, 3.63) is 58.9 Å². The summed E-state index contributed by atoms with van der Waals surface area (Å²) in [6.45, 7) is 1.30. The van der Waals surface area contributed by atoms with Crippen LogP contribution in [0.1, 0.15) is 33.6 Å². The molecule has 0 aliphatic carbocycles. The van der Waals surface area contributed by atoms with Crippen LogP contribution in [0.4, 0.5) is 13.2 Å². The Labute approximate surface area is 153 Å². The molecule has 0 spiro atoms. The molecule has 1 aromatic carbocycles. The van der Waals surface area contributed by atoms with Crippen molar-refractivity contribution in [2.24, 2.45) is 4.99 Å². The highest BCUT2D eigenvalue weighted by Gasteiger charge is 2.31. The smallest absolute Gasteiger partial charge is 0.334 e. The van der Waals surface area contributed by atoms with Crippen molar-refractivity contribution >= 4 is 17.8 Å². The Morgan fingerprint density at radius 2 is 2.07 bits per heavy atom. The topological polar surface area (TPSA) is 50.5 Å². The highest BCUT2D eigenvalue weighted by Crippen LogP contribution is 2.30. The lowest BCUT2D eigenvalue weighted by atomic mass is 10.1. The first kappa shape index (κ1) is 17.5. The van der Waals surface area contributed by atoms with Gasteiger partial charge in [0.2, 0.25) is 0 Å². The number of hydrogen-bond acceptors (Lipinski definition) is 3. The normalized spacial score (nSPS) is 17.1. The van der Waals surface area contributed by atoms with Gasteiger partial charge in [-0.3, -0.25) is 9.79 Å². The summed E-state index contributed by atoms with van der Waals surface area (Å²) in [5.41, 5.74) is 1.78. The minimum Gasteiger partial charge on any atom is -0.334 e. The quantitative estimate of drug-likeness (QED) is 0.827. The molecule has 27 heavy (non-hydrogen) atoms. The summed E-state index contributed by atoms with van der Waals surface area (Å²) < 4.78 is 40.3. The highest BCUT2D eigenvalue weighted by atomic mass is 19.4. The van der Waals surface area contributed by atoms with E-state index in [1.165, 1.54) is 6.07 Å². The first-order chi connectivity index (χ1) is 12.9. The number of halogens is 3. The molecule has 140 valence electrons. The van der Waals surface area contributed by atoms with Gasteiger partial charge in [-0.2, -0.15) is 18.3 Å². The fraction of sp³-hybridized carbons (Fsp3) is 0.316. The molecule has 1 aromatic heterocycles. The number of aliphatic imine (C=N–C) groups is 1. The van der Waals surface area contributed by atoms with Crippen LogP contribution in [0.2, 0.25) is 0 Å². The molecule has 0 atom stereocenters. The maximum atomic E-state index is 12.9. The van der Waals surface area contributed by atoms with Crippen molar-refractivity contribution in [1.82, 2.24) is 14.7 Å². The zero-order valence-electron chi connectivity index (χ0n) is 14.4. The monoisotopic (exact) mass is 374 g/mol. The van der Waals surface area contributed by atoms with Gasteiger partial charge in [0.1, 0.15) is 0 Å². The van der Waals surface area contributed by atoms with Crippen LogP contribution in [0, 0.1) is 0 Å². The van der Waals surface area contributed by atoms with Gasteiger partial charge in [-0.05, 0) is 24.1 Å². The summed E-state index contributed by atoms with van der Waals surface area (Å²) in [5.74, 6) is -0.215. The fourth-order valence-electron chi connectivity index (χ4n) is 3.29. The van der Waals surface area contributed by atoms with Crippen molar-refractivity contribution in [2.45, 2.75) is 25.6 Å². The second-order valence-electron chi connectivity index (χ2n) is 6.56. The van der Waals surface area contributed by atoms with Gasteiger partial charge in [0.15, 0.2) is 0 Å². The second-order valence-corrected chi connectivity index (χ2v) is 6.56. The molecule has 0 saturated heterocycles. The van der Waals surface area contributed by atoms with Crippen LogP contribution in [-0.2, 0) is 19.1 Å². The number of nitrogens with zero attached hydrogens (tertiary/aromatic N) is 4. The van der Waals surface area contributed by atoms with Gasteiger partial charge in [-0.1, -0.05) is 18.2 Å². The molecule has 0 radical (unpaired) electrons. The average molecular weight is 374 g/mol. The summed E-state index contributed by atoms with van der Waals surface area (Å²) in [4.78, 5) is 18.6. The Kier molecular flexibility index (Phi) is 4.33. The SMILES string of the molecule is O=C1c2cn(C3=CCCN=C3)nc2CCN1Cc1cccc(C(F)(F)F)c1. The van der Waals surface area contributed by atoms with Gasteiger partial charge in [0.05, 0.1) is 22.5 Å². The van der Waals surface area contributed by atoms with Crippen LogP contribution in [0.5, 0.6) is 0 Å². The Hall–Kier alpha value is -2.90. The molecule has 2 aromatic rings. The molecule has 5 nitrogen and oxygen atoms in total. The molecule has 2 aliphatic heterocycles. The van der Waals surface area contributed by atoms with Crippen LogP contribution >= 0.6 is 0 Å². The molecule has 3 heterocycles. The molecular formula is C19H17F3N4O. The maximum Gasteiger partial charge on any atom is 0.416 e. The second kappa shape index (κ2) is 6.68. The van der Waals surface area contributed by atoms with E-state index in [1.807, 2.05) is 6.08 Å². The van der Waals surface area contributed by atoms with E-state index in [2.05, 4.69) is 10.1 Å². The summed E-state index contributed by atoms with van der Waals surface area (Å²) in [5, 5.41) is 4.47. The van der Waals surface area contributed by atoms with E-state index in [0.29, 0.717) is 29.8 Å². The molecule has 0 saturated carbocycles. The lowest BCUT2D eigenvalue weighted by Gasteiger charge is -2.26. The maximum absolute atomic E-state index is 12.9. The van der Waals surface area contributed by atoms with E-state index in [9.17, 15) is 18.0 Å². The number of rotatable bonds is 3. The molecule has 0 N–H and O–H groups in total. The van der Waals surface area contributed by atoms with Crippen LogP contribution < -0.4 is 0 Å². The van der Waals surface area contributed by atoms with Crippen molar-refractivity contribution < 1.29 is 18.0 Å². The van der Waals surface area contributed by atoms with E-state index in [0.717, 1.165) is 30.8 Å². The predicted octanol–water partition coefficient (Wildman–Crippen LogP) is 3.42. The number of dihydropyridines is 1. The zero-order chi connectivity index (χ0) is 19.0. The number of benzene rings is 1. The Balaban J connectivity index is 1.55. The van der Waals surface area contributed by atoms with E-state index < -0.39 is 11.7 Å². The predicted molar refractivity (Wildman–Crippen MR) is 94.4 cm³/mol. The van der Waals surface area contributed by atoms with Crippen LogP contribution in [-0.4, -0.2) is 39.9 Å². The highest BCUT2D eigenvalue weighted by molar-refractivity contribution is 6.03. The van der Waals surface area contributed by atoms with Crippen LogP contribution in [0.3, 0.4) is 0 Å². The van der Waals surface area contributed by atoms with Crippen molar-refractivity contribution in [2.75, 3.05) is 13.1 Å². The van der Waals surface area contributed by atoms with Crippen LogP contribution in [0.25, 0.3) is 5.70 Å². The van der Waals surface area contributed by atoms with Gasteiger partial charge in [-0.25, -0.2) is 4.68 Å². The Bertz CT molecular complexity index is 943. The third-order valence-corrected chi connectivity index (χ3v) is 4.65. The molecule has 1 amide bonds. The summed E-state index contributed by atoms with van der Waals surface area (Å²) in [7, 11) is 0. The fourth-order valence-corrected chi connectivity index (χ4v) is 3.29. The van der Waals surface area contributed by atoms with Crippen molar-refractivity contribution in [1.29, 1.82) is 0 Å². The molecule has 2 aliphatic rings. The molecule has 8 heteroatoms. The standard InChI is InChI=1S/C19H17F3N4O/c20-19(21,22)14-4-1-3-13(9-14)11-25-8-6-17-16(18(25)27)12-26(24-17)15-5-2-7-23-10-15/h1,3-5,9-10,12H,2,6-8,11H2. The number of carbonyl (C=O) groups is 1. The third kappa shape index (κ3) is 3.51. The first-order valence-corrected chi connectivity index (χ1v) is 8.66. The largest absolute Gasteiger partial charge is 0.416 e. The molecular weight excluding hydrogens is 357 g/mol. The number of aromatic nitrogens is 2. The number of fused-ring (bicyclic) bond motifs is 1. The van der Waals surface area contributed by atoms with E-state index in [1.54, 1.807) is 28.1 Å². The molecule has 0 fully saturated rings. The number of carbonyl (C=O) groups excluding carboxylic acids is 1. The molecule has 0 bridgehead atoms. The first-order valence-electron chi connectivity index (χ1n) is 8.66. The number of alkyl halides is 3. The molecule has 4 rings (SSSR count). The Morgan fingerprint density at radius 3 is 2.81 bits per heavy atom. The van der Waals surface area contributed by atoms with E-state index >= 15 is 0 Å². The van der Waals surface area contributed by atoms with E-state index in [4.69, 9.17) is 0 Å². The number of amides is 1. The minimum atomic E-state index is -4.40. The minimum absolute atomic E-state index is 0.136. The summed E-state index contributed by atoms with van der Waals surface area (Å²) >= 11 is 0. The van der Waals surface area contributed by atoms with Gasteiger partial charge in [0, 0.05) is 38.5 Å². The van der Waals surface area contributed by atoms with Gasteiger partial charge >= 0.3 is 6.18 Å². The van der Waals surface area contributed by atoms with Gasteiger partial charge in [-0.15, -0.1) is 0 Å². The van der Waals surface area contributed by atoms with Crippen molar-refractivity contribution in [3.63, 3.8) is 0 Å². The summed E-state index contributed by atoms with van der Waals surface area (Å²) in [6.07, 6.45) is 2.41. The lowest BCUT2D eigenvalue weighted by molar-refractivity contribution is -0.137. The van der Waals surface area contributed by atoms with Crippen molar-refractivity contribution in [3.8, 4) is 0 Å². The van der Waals surface area contributed by atoms with E-state index in [-0.39, 0.29) is 12.5 Å².